The summed E-state index contributed by atoms with van der Waals surface area (Å²) in [6.45, 7) is 2.51. The molecule has 1 aromatic carbocycles. The van der Waals surface area contributed by atoms with Crippen LogP contribution in [0.15, 0.2) is 42.9 Å². The molecule has 7 nitrogen and oxygen atoms in total. The van der Waals surface area contributed by atoms with E-state index in [2.05, 4.69) is 14.9 Å². The van der Waals surface area contributed by atoms with E-state index >= 15 is 0 Å². The number of rotatable bonds is 2. The number of hydrogen-bond acceptors (Lipinski definition) is 6. The van der Waals surface area contributed by atoms with Crippen molar-refractivity contribution in [1.29, 1.82) is 0 Å². The molecule has 0 N–H and O–H groups in total. The summed E-state index contributed by atoms with van der Waals surface area (Å²) in [4.78, 5) is 37.1. The predicted octanol–water partition coefficient (Wildman–Crippen LogP) is 0.907. The Bertz CT molecular complexity index is 788. The molecule has 1 atom stereocenters. The first kappa shape index (κ1) is 15.6. The van der Waals surface area contributed by atoms with Crippen LogP contribution in [0.2, 0.25) is 0 Å². The topological polar surface area (TPSA) is 75.6 Å². The molecule has 1 amide bonds. The second-order valence-electron chi connectivity index (χ2n) is 6.13. The van der Waals surface area contributed by atoms with Gasteiger partial charge in [-0.3, -0.25) is 9.78 Å². The van der Waals surface area contributed by atoms with Crippen molar-refractivity contribution in [3.05, 3.63) is 54.0 Å². The van der Waals surface area contributed by atoms with Gasteiger partial charge in [0.05, 0.1) is 11.8 Å². The van der Waals surface area contributed by atoms with Crippen LogP contribution in [-0.2, 0) is 16.0 Å². The van der Waals surface area contributed by atoms with E-state index in [9.17, 15) is 9.59 Å². The number of benzene rings is 1. The van der Waals surface area contributed by atoms with E-state index in [0.29, 0.717) is 38.2 Å². The summed E-state index contributed by atoms with van der Waals surface area (Å²) in [6.07, 6.45) is 4.72. The number of hydrogen-bond donors (Lipinski definition) is 0. The van der Waals surface area contributed by atoms with E-state index in [-0.39, 0.29) is 5.91 Å². The molecule has 0 saturated carbocycles. The van der Waals surface area contributed by atoms with E-state index in [1.807, 2.05) is 12.1 Å². The summed E-state index contributed by atoms with van der Waals surface area (Å²) >= 11 is 0. The van der Waals surface area contributed by atoms with Crippen LogP contribution in [-0.4, -0.2) is 59.0 Å². The maximum atomic E-state index is 12.8. The van der Waals surface area contributed by atoms with E-state index in [1.165, 1.54) is 0 Å². The number of fused-ring (bicyclic) bond motifs is 1. The first-order chi connectivity index (χ1) is 12.2. The fraction of sp³-hybridized carbons (Fsp3) is 0.333. The van der Waals surface area contributed by atoms with Gasteiger partial charge in [-0.1, -0.05) is 18.2 Å². The van der Waals surface area contributed by atoms with Gasteiger partial charge in [-0.05, 0) is 11.6 Å². The fourth-order valence-electron chi connectivity index (χ4n) is 3.28. The van der Waals surface area contributed by atoms with Crippen molar-refractivity contribution in [1.82, 2.24) is 14.9 Å². The van der Waals surface area contributed by atoms with Gasteiger partial charge < -0.3 is 14.5 Å². The second kappa shape index (κ2) is 6.51. The maximum absolute atomic E-state index is 12.8. The smallest absolute Gasteiger partial charge is 0.339 e. The normalized spacial score (nSPS) is 20.0. The number of nitrogens with zero attached hydrogens (tertiary/aromatic N) is 4. The Morgan fingerprint density at radius 2 is 1.92 bits per heavy atom. The van der Waals surface area contributed by atoms with Gasteiger partial charge in [0.15, 0.2) is 6.10 Å². The average molecular weight is 338 g/mol. The number of esters is 1. The highest BCUT2D eigenvalue weighted by molar-refractivity contribution is 5.95. The van der Waals surface area contributed by atoms with Crippen molar-refractivity contribution >= 4 is 17.7 Å². The van der Waals surface area contributed by atoms with Gasteiger partial charge in [0, 0.05) is 45.0 Å². The molecule has 1 fully saturated rings. The molecule has 0 aliphatic carbocycles. The number of anilines is 1. The summed E-state index contributed by atoms with van der Waals surface area (Å²) in [5.41, 5.74) is 1.43. The van der Waals surface area contributed by atoms with E-state index in [1.54, 1.807) is 35.6 Å². The Morgan fingerprint density at radius 3 is 2.68 bits per heavy atom. The minimum absolute atomic E-state index is 0.123. The van der Waals surface area contributed by atoms with Gasteiger partial charge in [0.2, 0.25) is 0 Å². The van der Waals surface area contributed by atoms with E-state index in [0.717, 1.165) is 11.4 Å². The van der Waals surface area contributed by atoms with Crippen LogP contribution in [0.1, 0.15) is 15.9 Å². The Morgan fingerprint density at radius 1 is 1.12 bits per heavy atom. The SMILES string of the molecule is O=C1O[C@H](C(=O)N2CCN(c3cnccn3)CC2)Cc2ccccc21. The predicted molar refractivity (Wildman–Crippen MR) is 90.2 cm³/mol. The second-order valence-corrected chi connectivity index (χ2v) is 6.13. The summed E-state index contributed by atoms with van der Waals surface area (Å²) in [5.74, 6) is 0.271. The molecule has 0 spiro atoms. The molecule has 2 aromatic rings. The minimum atomic E-state index is -0.731. The number of amides is 1. The molecule has 2 aliphatic rings. The maximum Gasteiger partial charge on any atom is 0.339 e. The van der Waals surface area contributed by atoms with Crippen LogP contribution in [0.25, 0.3) is 0 Å². The highest BCUT2D eigenvalue weighted by Gasteiger charge is 2.35. The van der Waals surface area contributed by atoms with Crippen molar-refractivity contribution in [2.24, 2.45) is 0 Å². The number of carbonyl (C=O) groups excluding carboxylic acids is 2. The molecule has 7 heteroatoms. The minimum Gasteiger partial charge on any atom is -0.448 e. The van der Waals surface area contributed by atoms with Gasteiger partial charge in [-0.2, -0.15) is 0 Å². The van der Waals surface area contributed by atoms with Crippen LogP contribution < -0.4 is 4.90 Å². The largest absolute Gasteiger partial charge is 0.448 e. The molecular formula is C18H18N4O3. The van der Waals surface area contributed by atoms with Gasteiger partial charge in [-0.25, -0.2) is 9.78 Å². The van der Waals surface area contributed by atoms with E-state index < -0.39 is 12.1 Å². The lowest BCUT2D eigenvalue weighted by Crippen LogP contribution is -2.53. The van der Waals surface area contributed by atoms with Gasteiger partial charge in [0.1, 0.15) is 5.82 Å². The Hall–Kier alpha value is -2.96. The third kappa shape index (κ3) is 3.05. The zero-order chi connectivity index (χ0) is 17.2. The molecule has 25 heavy (non-hydrogen) atoms. The Balaban J connectivity index is 1.41. The molecule has 1 aromatic heterocycles. The lowest BCUT2D eigenvalue weighted by molar-refractivity contribution is -0.141. The van der Waals surface area contributed by atoms with E-state index in [4.69, 9.17) is 4.74 Å². The average Bonchev–Trinajstić information content (AvgIpc) is 2.68. The summed E-state index contributed by atoms with van der Waals surface area (Å²) in [5, 5.41) is 0. The molecule has 0 unspecified atom stereocenters. The molecule has 2 aliphatic heterocycles. The lowest BCUT2D eigenvalue weighted by Gasteiger charge is -2.37. The number of cyclic esters (lactones) is 1. The summed E-state index contributed by atoms with van der Waals surface area (Å²) in [7, 11) is 0. The first-order valence-corrected chi connectivity index (χ1v) is 8.31. The zero-order valence-corrected chi connectivity index (χ0v) is 13.7. The lowest BCUT2D eigenvalue weighted by atomic mass is 9.98. The zero-order valence-electron chi connectivity index (χ0n) is 13.7. The highest BCUT2D eigenvalue weighted by atomic mass is 16.5. The van der Waals surface area contributed by atoms with Crippen LogP contribution in [0.3, 0.4) is 0 Å². The summed E-state index contributed by atoms with van der Waals surface area (Å²) in [6, 6.07) is 7.28. The van der Waals surface area contributed by atoms with Crippen LogP contribution >= 0.6 is 0 Å². The Labute approximate surface area is 145 Å². The molecule has 0 radical (unpaired) electrons. The number of ether oxygens (including phenoxy) is 1. The van der Waals surface area contributed by atoms with Gasteiger partial charge in [-0.15, -0.1) is 0 Å². The van der Waals surface area contributed by atoms with Gasteiger partial charge in [0.25, 0.3) is 5.91 Å². The van der Waals surface area contributed by atoms with Crippen LogP contribution in [0.5, 0.6) is 0 Å². The van der Waals surface area contributed by atoms with Crippen LogP contribution in [0.4, 0.5) is 5.82 Å². The molecule has 0 bridgehead atoms. The molecule has 1 saturated heterocycles. The monoisotopic (exact) mass is 338 g/mol. The van der Waals surface area contributed by atoms with Crippen LogP contribution in [0, 0.1) is 0 Å². The third-order valence-electron chi connectivity index (χ3n) is 4.63. The molecule has 4 rings (SSSR count). The van der Waals surface area contributed by atoms with Crippen molar-refractivity contribution in [2.45, 2.75) is 12.5 Å². The molecular weight excluding hydrogens is 320 g/mol. The quantitative estimate of drug-likeness (QED) is 0.758. The molecule has 3 heterocycles. The third-order valence-corrected chi connectivity index (χ3v) is 4.63. The number of aromatic nitrogens is 2. The summed E-state index contributed by atoms with van der Waals surface area (Å²) < 4.78 is 5.37. The highest BCUT2D eigenvalue weighted by Crippen LogP contribution is 2.22. The number of carbonyl (C=O) groups is 2. The van der Waals surface area contributed by atoms with Crippen molar-refractivity contribution in [2.75, 3.05) is 31.1 Å². The first-order valence-electron chi connectivity index (χ1n) is 8.31. The van der Waals surface area contributed by atoms with Gasteiger partial charge >= 0.3 is 5.97 Å². The number of piperazine rings is 1. The fourth-order valence-corrected chi connectivity index (χ4v) is 3.28. The van der Waals surface area contributed by atoms with Crippen molar-refractivity contribution in [3.63, 3.8) is 0 Å². The molecule has 128 valence electrons. The standard InChI is InChI=1S/C18H18N4O3/c23-17(15-11-13-3-1-2-4-14(13)18(24)25-15)22-9-7-21(8-10-22)16-12-19-5-6-20-16/h1-6,12,15H,7-11H2/t15-/m0/s1. The van der Waals surface area contributed by atoms with Crippen molar-refractivity contribution < 1.29 is 14.3 Å². The van der Waals surface area contributed by atoms with Crippen molar-refractivity contribution in [3.8, 4) is 0 Å². The Kier molecular flexibility index (Phi) is 4.05.